The molecule has 0 bridgehead atoms. The van der Waals surface area contributed by atoms with E-state index >= 15 is 0 Å². The van der Waals surface area contributed by atoms with E-state index in [-0.39, 0.29) is 17.9 Å². The first kappa shape index (κ1) is 24.8. The Morgan fingerprint density at radius 2 is 1.67 bits per heavy atom. The standard InChI is InChI=1S/C23H28BrClN2O2S/c1-4-21(23(29)26-16(2)3)27(13-17-7-11-20(25)12-8-17)22(28)15-30-14-18-5-9-19(24)10-6-18/h5-12,16,21H,4,13-15H2,1-3H3,(H,26,29)/t21-/m1/s1. The minimum Gasteiger partial charge on any atom is -0.352 e. The molecule has 162 valence electrons. The van der Waals surface area contributed by atoms with Gasteiger partial charge in [0.2, 0.25) is 11.8 Å². The second-order valence-electron chi connectivity index (χ2n) is 7.35. The zero-order valence-electron chi connectivity index (χ0n) is 17.5. The Labute approximate surface area is 196 Å². The monoisotopic (exact) mass is 510 g/mol. The summed E-state index contributed by atoms with van der Waals surface area (Å²) in [7, 11) is 0. The molecule has 0 heterocycles. The molecule has 0 fully saturated rings. The summed E-state index contributed by atoms with van der Waals surface area (Å²) in [6.45, 7) is 6.15. The molecule has 2 aromatic carbocycles. The first-order valence-corrected chi connectivity index (χ1v) is 12.3. The van der Waals surface area contributed by atoms with Crippen LogP contribution in [0.1, 0.15) is 38.3 Å². The molecular formula is C23H28BrClN2O2S. The molecule has 1 N–H and O–H groups in total. The van der Waals surface area contributed by atoms with E-state index in [4.69, 9.17) is 11.6 Å². The Hall–Kier alpha value is -1.50. The third-order valence-electron chi connectivity index (χ3n) is 4.49. The zero-order chi connectivity index (χ0) is 22.1. The van der Waals surface area contributed by atoms with Crippen molar-refractivity contribution in [3.05, 3.63) is 69.2 Å². The lowest BCUT2D eigenvalue weighted by Crippen LogP contribution is -2.50. The number of amides is 2. The van der Waals surface area contributed by atoms with Gasteiger partial charge in [-0.2, -0.15) is 0 Å². The lowest BCUT2D eigenvalue weighted by atomic mass is 10.1. The predicted molar refractivity (Wildman–Crippen MR) is 130 cm³/mol. The molecule has 0 aromatic heterocycles. The highest BCUT2D eigenvalue weighted by molar-refractivity contribution is 9.10. The maximum Gasteiger partial charge on any atom is 0.243 e. The molecule has 2 rings (SSSR count). The van der Waals surface area contributed by atoms with E-state index in [2.05, 4.69) is 21.2 Å². The Balaban J connectivity index is 2.11. The summed E-state index contributed by atoms with van der Waals surface area (Å²) in [6, 6.07) is 15.0. The van der Waals surface area contributed by atoms with E-state index < -0.39 is 6.04 Å². The van der Waals surface area contributed by atoms with Gasteiger partial charge in [0.1, 0.15) is 6.04 Å². The number of thioether (sulfide) groups is 1. The molecule has 0 aliphatic heterocycles. The van der Waals surface area contributed by atoms with Crippen LogP contribution < -0.4 is 5.32 Å². The van der Waals surface area contributed by atoms with Crippen LogP contribution in [0.5, 0.6) is 0 Å². The maximum absolute atomic E-state index is 13.1. The van der Waals surface area contributed by atoms with E-state index in [1.54, 1.807) is 28.8 Å². The number of carbonyl (C=O) groups excluding carboxylic acids is 2. The van der Waals surface area contributed by atoms with Crippen molar-refractivity contribution >= 4 is 51.1 Å². The summed E-state index contributed by atoms with van der Waals surface area (Å²) in [6.07, 6.45) is 0.551. The van der Waals surface area contributed by atoms with Gasteiger partial charge >= 0.3 is 0 Å². The van der Waals surface area contributed by atoms with Gasteiger partial charge in [0.15, 0.2) is 0 Å². The van der Waals surface area contributed by atoms with Crippen molar-refractivity contribution in [2.45, 2.75) is 51.6 Å². The summed E-state index contributed by atoms with van der Waals surface area (Å²) in [5.41, 5.74) is 2.10. The van der Waals surface area contributed by atoms with Crippen molar-refractivity contribution in [1.82, 2.24) is 10.2 Å². The molecule has 4 nitrogen and oxygen atoms in total. The second-order valence-corrected chi connectivity index (χ2v) is 9.69. The van der Waals surface area contributed by atoms with Crippen molar-refractivity contribution in [3.63, 3.8) is 0 Å². The fourth-order valence-electron chi connectivity index (χ4n) is 3.01. The molecule has 0 saturated heterocycles. The van der Waals surface area contributed by atoms with Crippen LogP contribution in [0, 0.1) is 0 Å². The minimum atomic E-state index is -0.510. The lowest BCUT2D eigenvalue weighted by Gasteiger charge is -2.31. The Morgan fingerprint density at radius 1 is 1.07 bits per heavy atom. The van der Waals surface area contributed by atoms with Crippen LogP contribution in [0.4, 0.5) is 0 Å². The number of carbonyl (C=O) groups is 2. The number of hydrogen-bond acceptors (Lipinski definition) is 3. The van der Waals surface area contributed by atoms with Crippen LogP contribution in [-0.4, -0.2) is 34.6 Å². The number of nitrogens with one attached hydrogen (secondary N) is 1. The molecule has 7 heteroatoms. The van der Waals surface area contributed by atoms with Gasteiger partial charge in [0, 0.05) is 27.8 Å². The quantitative estimate of drug-likeness (QED) is 0.447. The fraction of sp³-hybridized carbons (Fsp3) is 0.391. The molecule has 0 saturated carbocycles. The molecule has 2 amide bonds. The summed E-state index contributed by atoms with van der Waals surface area (Å²) in [5.74, 6) is 0.892. The molecule has 1 atom stereocenters. The van der Waals surface area contributed by atoms with Gasteiger partial charge in [0.05, 0.1) is 5.75 Å². The van der Waals surface area contributed by atoms with E-state index in [0.717, 1.165) is 21.4 Å². The Bertz CT molecular complexity index is 828. The first-order valence-electron chi connectivity index (χ1n) is 9.96. The van der Waals surface area contributed by atoms with Crippen LogP contribution in [0.3, 0.4) is 0 Å². The van der Waals surface area contributed by atoms with E-state index in [1.807, 2.05) is 57.2 Å². The highest BCUT2D eigenvalue weighted by Gasteiger charge is 2.28. The van der Waals surface area contributed by atoms with Gasteiger partial charge in [-0.3, -0.25) is 9.59 Å². The van der Waals surface area contributed by atoms with Crippen molar-refractivity contribution in [2.75, 3.05) is 5.75 Å². The Morgan fingerprint density at radius 3 is 2.23 bits per heavy atom. The summed E-state index contributed by atoms with van der Waals surface area (Å²) < 4.78 is 1.03. The highest BCUT2D eigenvalue weighted by Crippen LogP contribution is 2.19. The molecule has 0 radical (unpaired) electrons. The van der Waals surface area contributed by atoms with E-state index in [9.17, 15) is 9.59 Å². The Kier molecular flexibility index (Phi) is 10.2. The molecular weight excluding hydrogens is 484 g/mol. The van der Waals surface area contributed by atoms with Gasteiger partial charge in [-0.05, 0) is 55.7 Å². The summed E-state index contributed by atoms with van der Waals surface area (Å²) in [4.78, 5) is 27.6. The van der Waals surface area contributed by atoms with E-state index in [0.29, 0.717) is 23.7 Å². The smallest absolute Gasteiger partial charge is 0.243 e. The van der Waals surface area contributed by atoms with Crippen molar-refractivity contribution in [2.24, 2.45) is 0 Å². The average Bonchev–Trinajstić information content (AvgIpc) is 2.70. The molecule has 0 aliphatic carbocycles. The third-order valence-corrected chi connectivity index (χ3v) is 6.26. The van der Waals surface area contributed by atoms with Gasteiger partial charge in [-0.25, -0.2) is 0 Å². The predicted octanol–water partition coefficient (Wildman–Crippen LogP) is 5.67. The van der Waals surface area contributed by atoms with Crippen LogP contribution in [0.25, 0.3) is 0 Å². The largest absolute Gasteiger partial charge is 0.352 e. The second kappa shape index (κ2) is 12.4. The topological polar surface area (TPSA) is 49.4 Å². The lowest BCUT2D eigenvalue weighted by molar-refractivity contribution is -0.139. The fourth-order valence-corrected chi connectivity index (χ4v) is 4.27. The first-order chi connectivity index (χ1) is 14.3. The van der Waals surface area contributed by atoms with Gasteiger partial charge in [0.25, 0.3) is 0 Å². The van der Waals surface area contributed by atoms with Crippen LogP contribution in [0.15, 0.2) is 53.0 Å². The van der Waals surface area contributed by atoms with Gasteiger partial charge in [-0.15, -0.1) is 11.8 Å². The van der Waals surface area contributed by atoms with Crippen molar-refractivity contribution in [1.29, 1.82) is 0 Å². The normalized spacial score (nSPS) is 11.9. The number of nitrogens with zero attached hydrogens (tertiary/aromatic N) is 1. The van der Waals surface area contributed by atoms with Crippen LogP contribution in [-0.2, 0) is 21.9 Å². The molecule has 30 heavy (non-hydrogen) atoms. The number of halogens is 2. The zero-order valence-corrected chi connectivity index (χ0v) is 20.7. The summed E-state index contributed by atoms with van der Waals surface area (Å²) >= 11 is 11.0. The minimum absolute atomic E-state index is 0.0193. The SMILES string of the molecule is CC[C@H](C(=O)NC(C)C)N(Cc1ccc(Cl)cc1)C(=O)CSCc1ccc(Br)cc1. The molecule has 0 aliphatic rings. The molecule has 2 aromatic rings. The number of benzene rings is 2. The average molecular weight is 512 g/mol. The van der Waals surface area contributed by atoms with Crippen LogP contribution in [0.2, 0.25) is 5.02 Å². The van der Waals surface area contributed by atoms with E-state index in [1.165, 1.54) is 0 Å². The van der Waals surface area contributed by atoms with Crippen molar-refractivity contribution in [3.8, 4) is 0 Å². The molecule has 0 spiro atoms. The van der Waals surface area contributed by atoms with Crippen molar-refractivity contribution < 1.29 is 9.59 Å². The summed E-state index contributed by atoms with van der Waals surface area (Å²) in [5, 5.41) is 3.59. The number of rotatable bonds is 10. The number of hydrogen-bond donors (Lipinski definition) is 1. The van der Waals surface area contributed by atoms with Gasteiger partial charge in [-0.1, -0.05) is 58.7 Å². The third kappa shape index (κ3) is 7.97. The van der Waals surface area contributed by atoms with Crippen LogP contribution >= 0.6 is 39.3 Å². The maximum atomic E-state index is 13.1. The molecule has 0 unspecified atom stereocenters. The van der Waals surface area contributed by atoms with Gasteiger partial charge < -0.3 is 10.2 Å². The highest BCUT2D eigenvalue weighted by atomic mass is 79.9.